The van der Waals surface area contributed by atoms with Crippen molar-refractivity contribution in [3.63, 3.8) is 0 Å². The van der Waals surface area contributed by atoms with E-state index in [0.717, 1.165) is 0 Å². The SMILES string of the molecule is C=C[PH](=O)C=C. The molecule has 0 atom stereocenters. The van der Waals surface area contributed by atoms with Crippen LogP contribution in [0.15, 0.2) is 24.8 Å². The van der Waals surface area contributed by atoms with E-state index in [4.69, 9.17) is 0 Å². The molecule has 0 heterocycles. The molecule has 0 N–H and O–H groups in total. The van der Waals surface area contributed by atoms with Crippen molar-refractivity contribution in [2.45, 2.75) is 0 Å². The Bertz CT molecular complexity index is 75.5. The van der Waals surface area contributed by atoms with E-state index in [0.29, 0.717) is 0 Å². The van der Waals surface area contributed by atoms with Crippen LogP contribution in [0.2, 0.25) is 0 Å². The third-order valence-corrected chi connectivity index (χ3v) is 1.21. The highest BCUT2D eigenvalue weighted by atomic mass is 31.1. The zero-order chi connectivity index (χ0) is 4.99. The molecule has 0 aromatic carbocycles. The lowest BCUT2D eigenvalue weighted by Gasteiger charge is -1.71. The highest BCUT2D eigenvalue weighted by Crippen LogP contribution is 2.19. The molecule has 0 radical (unpaired) electrons. The summed E-state index contributed by atoms with van der Waals surface area (Å²) in [5.41, 5.74) is 0. The van der Waals surface area contributed by atoms with Gasteiger partial charge in [0.25, 0.3) is 0 Å². The largest absolute Gasteiger partial charge is 0.318 e. The standard InChI is InChI=1S/C4H7OP/c1-3-6(5)4-2/h3-4,6H,1-2H2. The fourth-order valence-corrected chi connectivity index (χ4v) is 0.250. The first-order valence-electron chi connectivity index (χ1n) is 1.60. The topological polar surface area (TPSA) is 17.1 Å². The van der Waals surface area contributed by atoms with E-state index in [2.05, 4.69) is 13.2 Å². The van der Waals surface area contributed by atoms with Crippen molar-refractivity contribution in [2.24, 2.45) is 0 Å². The Hall–Kier alpha value is -0.290. The summed E-state index contributed by atoms with van der Waals surface area (Å²) in [6.45, 7) is 6.59. The molecule has 0 aromatic heterocycles. The maximum atomic E-state index is 10.1. The summed E-state index contributed by atoms with van der Waals surface area (Å²) in [5, 5.41) is 0. The van der Waals surface area contributed by atoms with Crippen molar-refractivity contribution in [2.75, 3.05) is 0 Å². The van der Waals surface area contributed by atoms with Gasteiger partial charge in [-0.05, 0) is 11.6 Å². The number of rotatable bonds is 2. The molecule has 0 aromatic rings. The number of hydrogen-bond donors (Lipinski definition) is 0. The van der Waals surface area contributed by atoms with Gasteiger partial charge >= 0.3 is 0 Å². The van der Waals surface area contributed by atoms with Crippen LogP contribution >= 0.6 is 7.80 Å². The summed E-state index contributed by atoms with van der Waals surface area (Å²) in [6.07, 6.45) is 0. The lowest BCUT2D eigenvalue weighted by Crippen LogP contribution is -1.32. The molecule has 1 nitrogen and oxygen atoms in total. The van der Waals surface area contributed by atoms with Crippen molar-refractivity contribution in [3.05, 3.63) is 24.8 Å². The van der Waals surface area contributed by atoms with Crippen molar-refractivity contribution >= 4 is 7.80 Å². The van der Waals surface area contributed by atoms with Crippen LogP contribution in [0.5, 0.6) is 0 Å². The van der Waals surface area contributed by atoms with E-state index in [9.17, 15) is 4.57 Å². The molecule has 2 heteroatoms. The molecule has 6 heavy (non-hydrogen) atoms. The van der Waals surface area contributed by atoms with Crippen LogP contribution in [-0.2, 0) is 4.57 Å². The predicted octanol–water partition coefficient (Wildman–Crippen LogP) is 1.83. The minimum Gasteiger partial charge on any atom is -0.318 e. The van der Waals surface area contributed by atoms with Crippen molar-refractivity contribution in [1.29, 1.82) is 0 Å². The van der Waals surface area contributed by atoms with E-state index in [1.165, 1.54) is 11.6 Å². The molecule has 0 unspecified atom stereocenters. The van der Waals surface area contributed by atoms with E-state index < -0.39 is 7.80 Å². The summed E-state index contributed by atoms with van der Waals surface area (Å²) < 4.78 is 10.1. The molecule has 0 aliphatic heterocycles. The van der Waals surface area contributed by atoms with Crippen LogP contribution in [-0.4, -0.2) is 0 Å². The Morgan fingerprint density at radius 1 is 1.33 bits per heavy atom. The van der Waals surface area contributed by atoms with Crippen LogP contribution in [0.25, 0.3) is 0 Å². The minimum absolute atomic E-state index is 1.40. The lowest BCUT2D eigenvalue weighted by molar-refractivity contribution is 0.597. The zero-order valence-corrected chi connectivity index (χ0v) is 4.48. The second-order valence-electron chi connectivity index (χ2n) is 0.811. The number of hydrogen-bond acceptors (Lipinski definition) is 1. The van der Waals surface area contributed by atoms with E-state index in [-0.39, 0.29) is 0 Å². The second kappa shape index (κ2) is 2.92. The average Bonchev–Trinajstić information content (AvgIpc) is 1.65. The fraction of sp³-hybridized carbons (Fsp3) is 0. The first-order valence-corrected chi connectivity index (χ1v) is 3.16. The van der Waals surface area contributed by atoms with Gasteiger partial charge in [-0.15, -0.1) is 0 Å². The minimum atomic E-state index is -1.59. The summed E-state index contributed by atoms with van der Waals surface area (Å²) in [4.78, 5) is 0. The van der Waals surface area contributed by atoms with Gasteiger partial charge in [0.05, 0.1) is 0 Å². The van der Waals surface area contributed by atoms with Crippen LogP contribution < -0.4 is 0 Å². The Kier molecular flexibility index (Phi) is 2.78. The predicted molar refractivity (Wildman–Crippen MR) is 29.4 cm³/mol. The lowest BCUT2D eigenvalue weighted by atomic mass is 11.3. The Labute approximate surface area is 38.2 Å². The highest BCUT2D eigenvalue weighted by Gasteiger charge is 1.72. The van der Waals surface area contributed by atoms with Crippen molar-refractivity contribution in [1.82, 2.24) is 0 Å². The van der Waals surface area contributed by atoms with E-state index in [1.807, 2.05) is 0 Å². The molecule has 0 saturated carbocycles. The molecule has 0 spiro atoms. The zero-order valence-electron chi connectivity index (χ0n) is 3.48. The fourth-order valence-electron chi connectivity index (χ4n) is 0.0833. The smallest absolute Gasteiger partial charge is 0.116 e. The Balaban J connectivity index is 3.52. The Morgan fingerprint density at radius 3 is 1.67 bits per heavy atom. The first-order chi connectivity index (χ1) is 2.81. The van der Waals surface area contributed by atoms with Gasteiger partial charge in [-0.1, -0.05) is 13.2 Å². The molecule has 0 bridgehead atoms. The quantitative estimate of drug-likeness (QED) is 0.486. The molecule has 0 amide bonds. The highest BCUT2D eigenvalue weighted by molar-refractivity contribution is 7.51. The maximum absolute atomic E-state index is 10.1. The van der Waals surface area contributed by atoms with Crippen LogP contribution in [0, 0.1) is 0 Å². The van der Waals surface area contributed by atoms with Gasteiger partial charge in [-0.3, -0.25) is 0 Å². The van der Waals surface area contributed by atoms with Crippen molar-refractivity contribution < 1.29 is 4.57 Å². The first kappa shape index (κ1) is 5.71. The van der Waals surface area contributed by atoms with Gasteiger partial charge < -0.3 is 4.57 Å². The molecule has 0 saturated heterocycles. The molecular formula is C4H7OP. The van der Waals surface area contributed by atoms with Gasteiger partial charge in [-0.2, -0.15) is 0 Å². The van der Waals surface area contributed by atoms with E-state index >= 15 is 0 Å². The molecule has 0 fully saturated rings. The maximum Gasteiger partial charge on any atom is 0.116 e. The summed E-state index contributed by atoms with van der Waals surface area (Å²) in [6, 6.07) is 0. The van der Waals surface area contributed by atoms with Gasteiger partial charge in [0.1, 0.15) is 7.80 Å². The van der Waals surface area contributed by atoms with Gasteiger partial charge in [-0.25, -0.2) is 0 Å². The average molecular weight is 102 g/mol. The summed E-state index contributed by atoms with van der Waals surface area (Å²) >= 11 is 0. The monoisotopic (exact) mass is 102 g/mol. The summed E-state index contributed by atoms with van der Waals surface area (Å²) in [7, 11) is -1.59. The molecule has 0 rings (SSSR count). The second-order valence-corrected chi connectivity index (χ2v) is 2.43. The molecule has 34 valence electrons. The van der Waals surface area contributed by atoms with Gasteiger partial charge in [0.15, 0.2) is 0 Å². The van der Waals surface area contributed by atoms with Crippen LogP contribution in [0.1, 0.15) is 0 Å². The third kappa shape index (κ3) is 1.98. The van der Waals surface area contributed by atoms with Crippen LogP contribution in [0.4, 0.5) is 0 Å². The molecule has 0 aliphatic rings. The van der Waals surface area contributed by atoms with Crippen molar-refractivity contribution in [3.8, 4) is 0 Å². The molecule has 0 aliphatic carbocycles. The molecular weight excluding hydrogens is 95.0 g/mol. The van der Waals surface area contributed by atoms with E-state index in [1.54, 1.807) is 0 Å². The summed E-state index contributed by atoms with van der Waals surface area (Å²) in [5.74, 6) is 2.80. The van der Waals surface area contributed by atoms with Gasteiger partial charge in [0.2, 0.25) is 0 Å². The normalized spacial score (nSPS) is 8.17. The Morgan fingerprint density at radius 2 is 1.67 bits per heavy atom. The van der Waals surface area contributed by atoms with Crippen LogP contribution in [0.3, 0.4) is 0 Å². The third-order valence-electron chi connectivity index (χ3n) is 0.402. The van der Waals surface area contributed by atoms with Gasteiger partial charge in [0, 0.05) is 0 Å².